The molecular weight excluding hydrogens is 214 g/mol. The molecule has 15 heavy (non-hydrogen) atoms. The Kier molecular flexibility index (Phi) is 2.60. The van der Waals surface area contributed by atoms with Gasteiger partial charge in [-0.05, 0) is 25.1 Å². The highest BCUT2D eigenvalue weighted by Gasteiger charge is 2.04. The number of rotatable bonds is 2. The van der Waals surface area contributed by atoms with E-state index in [-0.39, 0.29) is 5.69 Å². The van der Waals surface area contributed by atoms with E-state index >= 15 is 0 Å². The van der Waals surface area contributed by atoms with Gasteiger partial charge in [-0.25, -0.2) is 14.0 Å². The minimum absolute atomic E-state index is 0.153. The zero-order valence-corrected chi connectivity index (χ0v) is 8.98. The van der Waals surface area contributed by atoms with Crippen LogP contribution in [0.1, 0.15) is 6.92 Å². The van der Waals surface area contributed by atoms with E-state index in [1.54, 1.807) is 18.2 Å². The fourth-order valence-electron chi connectivity index (χ4n) is 1.36. The third-order valence-corrected chi connectivity index (χ3v) is 2.35. The van der Waals surface area contributed by atoms with Crippen molar-refractivity contribution in [2.75, 3.05) is 0 Å². The molecule has 0 unspecified atom stereocenters. The summed E-state index contributed by atoms with van der Waals surface area (Å²) in [5, 5.41) is 4.56. The predicted molar refractivity (Wildman–Crippen MR) is 58.5 cm³/mol. The fourth-order valence-corrected chi connectivity index (χ4v) is 1.54. The number of nitrogens with zero attached hydrogens (tertiary/aromatic N) is 3. The molecule has 0 radical (unpaired) electrons. The van der Waals surface area contributed by atoms with Gasteiger partial charge in [0.1, 0.15) is 6.33 Å². The Hall–Kier alpha value is -1.55. The summed E-state index contributed by atoms with van der Waals surface area (Å²) >= 11 is 5.85. The highest BCUT2D eigenvalue weighted by atomic mass is 35.5. The average molecular weight is 224 g/mol. The predicted octanol–water partition coefficient (Wildman–Crippen LogP) is 1.71. The van der Waals surface area contributed by atoms with Crippen LogP contribution in [-0.4, -0.2) is 14.3 Å². The van der Waals surface area contributed by atoms with Crippen LogP contribution in [0, 0.1) is 0 Å². The molecule has 0 bridgehead atoms. The van der Waals surface area contributed by atoms with Crippen molar-refractivity contribution in [1.82, 2.24) is 14.3 Å². The van der Waals surface area contributed by atoms with E-state index in [0.717, 1.165) is 5.69 Å². The van der Waals surface area contributed by atoms with Crippen molar-refractivity contribution in [2.24, 2.45) is 0 Å². The van der Waals surface area contributed by atoms with Crippen molar-refractivity contribution in [3.05, 3.63) is 46.1 Å². The minimum Gasteiger partial charge on any atom is -0.250 e. The van der Waals surface area contributed by atoms with Gasteiger partial charge in [0.05, 0.1) is 5.69 Å². The molecule has 1 heterocycles. The Morgan fingerprint density at radius 3 is 2.87 bits per heavy atom. The van der Waals surface area contributed by atoms with Crippen LogP contribution in [0.4, 0.5) is 0 Å². The van der Waals surface area contributed by atoms with Crippen LogP contribution in [0.15, 0.2) is 35.4 Å². The Labute approximate surface area is 91.7 Å². The Morgan fingerprint density at radius 2 is 2.27 bits per heavy atom. The minimum atomic E-state index is -0.153. The molecule has 0 amide bonds. The summed E-state index contributed by atoms with van der Waals surface area (Å²) in [6.07, 6.45) is 1.50. The molecule has 0 fully saturated rings. The summed E-state index contributed by atoms with van der Waals surface area (Å²) < 4.78 is 2.86. The lowest BCUT2D eigenvalue weighted by molar-refractivity contribution is 0.629. The molecule has 0 saturated carbocycles. The van der Waals surface area contributed by atoms with Crippen LogP contribution in [0.25, 0.3) is 5.69 Å². The standard InChI is InChI=1S/C10H10ClN3O/c1-2-14-10(15)13(7-12-14)9-5-3-4-8(11)6-9/h3-7H,2H2,1H3. The second kappa shape index (κ2) is 3.90. The SMILES string of the molecule is CCn1ncn(-c2cccc(Cl)c2)c1=O. The molecule has 5 heteroatoms. The number of benzene rings is 1. The molecule has 0 aliphatic heterocycles. The van der Waals surface area contributed by atoms with E-state index < -0.39 is 0 Å². The first-order valence-electron chi connectivity index (χ1n) is 4.63. The van der Waals surface area contributed by atoms with Gasteiger partial charge in [-0.3, -0.25) is 0 Å². The summed E-state index contributed by atoms with van der Waals surface area (Å²) in [6.45, 7) is 2.43. The van der Waals surface area contributed by atoms with Gasteiger partial charge in [-0.15, -0.1) is 0 Å². The topological polar surface area (TPSA) is 39.8 Å². The lowest BCUT2D eigenvalue weighted by atomic mass is 10.3. The smallest absolute Gasteiger partial charge is 0.250 e. The highest BCUT2D eigenvalue weighted by Crippen LogP contribution is 2.12. The third-order valence-electron chi connectivity index (χ3n) is 2.12. The van der Waals surface area contributed by atoms with E-state index in [1.807, 2.05) is 13.0 Å². The van der Waals surface area contributed by atoms with Crippen LogP contribution in [0.5, 0.6) is 0 Å². The number of hydrogen-bond acceptors (Lipinski definition) is 2. The lowest BCUT2D eigenvalue weighted by Crippen LogP contribution is -2.23. The van der Waals surface area contributed by atoms with E-state index in [9.17, 15) is 4.79 Å². The summed E-state index contributed by atoms with van der Waals surface area (Å²) in [5.74, 6) is 0. The normalized spacial score (nSPS) is 10.5. The monoisotopic (exact) mass is 223 g/mol. The van der Waals surface area contributed by atoms with Gasteiger partial charge in [-0.1, -0.05) is 17.7 Å². The maximum Gasteiger partial charge on any atom is 0.350 e. The van der Waals surface area contributed by atoms with Crippen LogP contribution in [-0.2, 0) is 6.54 Å². The Bertz CT molecular complexity index is 529. The lowest BCUT2D eigenvalue weighted by Gasteiger charge is -1.99. The van der Waals surface area contributed by atoms with Gasteiger partial charge >= 0.3 is 5.69 Å². The molecule has 0 spiro atoms. The van der Waals surface area contributed by atoms with Gasteiger partial charge in [0.25, 0.3) is 0 Å². The van der Waals surface area contributed by atoms with Gasteiger partial charge in [0.15, 0.2) is 0 Å². The van der Waals surface area contributed by atoms with Crippen LogP contribution in [0.3, 0.4) is 0 Å². The van der Waals surface area contributed by atoms with E-state index in [1.165, 1.54) is 15.6 Å². The zero-order valence-electron chi connectivity index (χ0n) is 8.22. The number of aromatic nitrogens is 3. The van der Waals surface area contributed by atoms with E-state index in [4.69, 9.17) is 11.6 Å². The molecule has 0 aliphatic rings. The van der Waals surface area contributed by atoms with Gasteiger partial charge < -0.3 is 0 Å². The van der Waals surface area contributed by atoms with Crippen molar-refractivity contribution in [3.8, 4) is 5.69 Å². The van der Waals surface area contributed by atoms with Gasteiger partial charge in [-0.2, -0.15) is 5.10 Å². The fraction of sp³-hybridized carbons (Fsp3) is 0.200. The zero-order chi connectivity index (χ0) is 10.8. The van der Waals surface area contributed by atoms with Crippen molar-refractivity contribution in [2.45, 2.75) is 13.5 Å². The number of halogens is 1. The Balaban J connectivity index is 2.55. The first-order valence-corrected chi connectivity index (χ1v) is 5.00. The van der Waals surface area contributed by atoms with E-state index in [2.05, 4.69) is 5.10 Å². The molecular formula is C10H10ClN3O. The number of hydrogen-bond donors (Lipinski definition) is 0. The second-order valence-electron chi connectivity index (χ2n) is 3.08. The molecule has 1 aromatic carbocycles. The molecule has 4 nitrogen and oxygen atoms in total. The average Bonchev–Trinajstić information content (AvgIpc) is 2.59. The third kappa shape index (κ3) is 1.80. The summed E-state index contributed by atoms with van der Waals surface area (Å²) in [7, 11) is 0. The molecule has 0 atom stereocenters. The molecule has 0 saturated heterocycles. The second-order valence-corrected chi connectivity index (χ2v) is 3.52. The van der Waals surface area contributed by atoms with Gasteiger partial charge in [0, 0.05) is 11.6 Å². The van der Waals surface area contributed by atoms with Crippen LogP contribution in [0.2, 0.25) is 5.02 Å². The molecule has 2 rings (SSSR count). The van der Waals surface area contributed by atoms with Crippen molar-refractivity contribution in [1.29, 1.82) is 0 Å². The summed E-state index contributed by atoms with van der Waals surface area (Å²) in [5.41, 5.74) is 0.576. The first-order chi connectivity index (χ1) is 7.22. The van der Waals surface area contributed by atoms with Gasteiger partial charge in [0.2, 0.25) is 0 Å². The molecule has 0 N–H and O–H groups in total. The Morgan fingerprint density at radius 1 is 1.47 bits per heavy atom. The summed E-state index contributed by atoms with van der Waals surface area (Å²) in [4.78, 5) is 11.7. The van der Waals surface area contributed by atoms with Crippen molar-refractivity contribution >= 4 is 11.6 Å². The van der Waals surface area contributed by atoms with E-state index in [0.29, 0.717) is 11.6 Å². The molecule has 0 aliphatic carbocycles. The molecule has 78 valence electrons. The van der Waals surface area contributed by atoms with Crippen LogP contribution >= 0.6 is 11.6 Å². The number of aryl methyl sites for hydroxylation is 1. The largest absolute Gasteiger partial charge is 0.350 e. The maximum absolute atomic E-state index is 11.7. The van der Waals surface area contributed by atoms with Crippen molar-refractivity contribution < 1.29 is 0 Å². The maximum atomic E-state index is 11.7. The molecule has 2 aromatic rings. The quantitative estimate of drug-likeness (QED) is 0.778. The molecule has 1 aromatic heterocycles. The first kappa shape index (κ1) is 9.98. The highest BCUT2D eigenvalue weighted by molar-refractivity contribution is 6.30. The van der Waals surface area contributed by atoms with Crippen molar-refractivity contribution in [3.63, 3.8) is 0 Å². The van der Waals surface area contributed by atoms with Crippen LogP contribution < -0.4 is 5.69 Å². The summed E-state index contributed by atoms with van der Waals surface area (Å²) in [6, 6.07) is 7.10.